The molecule has 1 N–H and O–H groups in total. The van der Waals surface area contributed by atoms with Crippen LogP contribution in [0.2, 0.25) is 0 Å². The van der Waals surface area contributed by atoms with Crippen molar-refractivity contribution in [2.75, 3.05) is 52.5 Å². The first-order valence-electron chi connectivity index (χ1n) is 10.6. The molecule has 3 fully saturated rings. The number of rotatable bonds is 3. The van der Waals surface area contributed by atoms with Crippen molar-refractivity contribution in [3.8, 4) is 0 Å². The first kappa shape index (κ1) is 19.6. The summed E-state index contributed by atoms with van der Waals surface area (Å²) in [6.45, 7) is 8.36. The van der Waals surface area contributed by atoms with E-state index in [2.05, 4.69) is 10.2 Å². The molecule has 4 heterocycles. The minimum absolute atomic E-state index is 0.189. The largest absolute Gasteiger partial charge is 0.427 e. The molecule has 0 aliphatic carbocycles. The quantitative estimate of drug-likeness (QED) is 0.841. The van der Waals surface area contributed by atoms with Crippen LogP contribution < -0.4 is 10.9 Å². The van der Waals surface area contributed by atoms with Crippen molar-refractivity contribution in [2.24, 2.45) is 0 Å². The number of aryl methyl sites for hydroxylation is 1. The van der Waals surface area contributed by atoms with Gasteiger partial charge in [-0.15, -0.1) is 0 Å². The van der Waals surface area contributed by atoms with Crippen molar-refractivity contribution < 1.29 is 13.9 Å². The van der Waals surface area contributed by atoms with Gasteiger partial charge in [0.25, 0.3) is 5.91 Å². The summed E-state index contributed by atoms with van der Waals surface area (Å²) in [7, 11) is 0. The van der Waals surface area contributed by atoms with Crippen LogP contribution in [0.5, 0.6) is 0 Å². The second-order valence-electron chi connectivity index (χ2n) is 8.21. The van der Waals surface area contributed by atoms with Gasteiger partial charge in [-0.1, -0.05) is 0 Å². The summed E-state index contributed by atoms with van der Waals surface area (Å²) in [5.41, 5.74) is 0.443. The number of hydrogen-bond acceptors (Lipinski definition) is 6. The molecule has 1 amide bonds. The van der Waals surface area contributed by atoms with Crippen LogP contribution in [0.25, 0.3) is 0 Å². The average Bonchev–Trinajstić information content (AvgIpc) is 2.74. The Labute approximate surface area is 166 Å². The number of hydrogen-bond donors (Lipinski definition) is 1. The van der Waals surface area contributed by atoms with Gasteiger partial charge in [0.15, 0.2) is 0 Å². The van der Waals surface area contributed by atoms with Crippen LogP contribution in [0, 0.1) is 6.92 Å². The third-order valence-electron chi connectivity index (χ3n) is 6.39. The fourth-order valence-electron chi connectivity index (χ4n) is 4.68. The van der Waals surface area contributed by atoms with Gasteiger partial charge in [-0.3, -0.25) is 9.69 Å². The van der Waals surface area contributed by atoms with Crippen LogP contribution in [0.1, 0.15) is 53.3 Å². The summed E-state index contributed by atoms with van der Waals surface area (Å²) < 4.78 is 11.0. The van der Waals surface area contributed by atoms with E-state index in [1.54, 1.807) is 4.90 Å². The van der Waals surface area contributed by atoms with Crippen LogP contribution in [0.3, 0.4) is 0 Å². The van der Waals surface area contributed by atoms with Crippen LogP contribution in [0.15, 0.2) is 15.3 Å². The number of nitrogens with one attached hydrogen (secondary N) is 1. The molecule has 0 spiro atoms. The molecule has 3 aliphatic heterocycles. The second-order valence-corrected chi connectivity index (χ2v) is 8.21. The molecule has 0 radical (unpaired) electrons. The first-order valence-corrected chi connectivity index (χ1v) is 10.6. The normalized spacial score (nSPS) is 25.0. The number of ether oxygens (including phenoxy) is 1. The topological polar surface area (TPSA) is 75.0 Å². The lowest BCUT2D eigenvalue weighted by atomic mass is 9.95. The van der Waals surface area contributed by atoms with E-state index in [0.717, 1.165) is 70.6 Å². The van der Waals surface area contributed by atoms with Crippen LogP contribution in [-0.2, 0) is 4.74 Å². The summed E-state index contributed by atoms with van der Waals surface area (Å²) in [5, 5.41) is 3.34. The molecule has 7 nitrogen and oxygen atoms in total. The Morgan fingerprint density at radius 1 is 1.14 bits per heavy atom. The van der Waals surface area contributed by atoms with Crippen molar-refractivity contribution in [1.82, 2.24) is 15.1 Å². The van der Waals surface area contributed by atoms with E-state index in [-0.39, 0.29) is 17.4 Å². The van der Waals surface area contributed by atoms with E-state index in [0.29, 0.717) is 24.9 Å². The maximum absolute atomic E-state index is 13.0. The van der Waals surface area contributed by atoms with Gasteiger partial charge in [0.05, 0.1) is 0 Å². The fraction of sp³-hybridized carbons (Fsp3) is 0.714. The Morgan fingerprint density at radius 3 is 2.54 bits per heavy atom. The standard InChI is InChI=1S/C21H31N3O4/c1-15-13-18(16-3-2-6-22-14-16)28-21(26)19(15)20(25)24-9-7-23(8-10-24)17-4-11-27-12-5-17/h13,16-17,22H,2-12,14H2,1H3. The SMILES string of the molecule is Cc1cc(C2CCCNC2)oc(=O)c1C(=O)N1CCN(C2CCOCC2)CC1. The highest BCUT2D eigenvalue weighted by atomic mass is 16.5. The lowest BCUT2D eigenvalue weighted by Gasteiger charge is -2.40. The van der Waals surface area contributed by atoms with Crippen molar-refractivity contribution in [3.05, 3.63) is 33.4 Å². The van der Waals surface area contributed by atoms with E-state index >= 15 is 0 Å². The van der Waals surface area contributed by atoms with Crippen LogP contribution >= 0.6 is 0 Å². The average molecular weight is 389 g/mol. The van der Waals surface area contributed by atoms with E-state index in [1.165, 1.54) is 0 Å². The molecule has 0 bridgehead atoms. The highest BCUT2D eigenvalue weighted by Crippen LogP contribution is 2.24. The first-order chi connectivity index (χ1) is 13.6. The van der Waals surface area contributed by atoms with Gasteiger partial charge in [0.1, 0.15) is 11.3 Å². The second kappa shape index (κ2) is 8.76. The predicted molar refractivity (Wildman–Crippen MR) is 106 cm³/mol. The Morgan fingerprint density at radius 2 is 1.89 bits per heavy atom. The molecule has 1 aromatic heterocycles. The van der Waals surface area contributed by atoms with Crippen LogP contribution in [0.4, 0.5) is 0 Å². The molecular formula is C21H31N3O4. The minimum atomic E-state index is -0.488. The highest BCUT2D eigenvalue weighted by molar-refractivity contribution is 5.95. The van der Waals surface area contributed by atoms with Gasteiger partial charge in [-0.2, -0.15) is 0 Å². The zero-order valence-electron chi connectivity index (χ0n) is 16.7. The molecule has 1 atom stereocenters. The lowest BCUT2D eigenvalue weighted by molar-refractivity contribution is 0.0136. The number of carbonyl (C=O) groups is 1. The Balaban J connectivity index is 1.42. The maximum Gasteiger partial charge on any atom is 0.349 e. The molecule has 1 unspecified atom stereocenters. The van der Waals surface area contributed by atoms with Gasteiger partial charge >= 0.3 is 5.63 Å². The molecule has 4 rings (SSSR count). The number of nitrogens with zero attached hydrogens (tertiary/aromatic N) is 2. The molecule has 0 saturated carbocycles. The molecule has 0 aromatic carbocycles. The fourth-order valence-corrected chi connectivity index (χ4v) is 4.68. The number of carbonyl (C=O) groups excluding carboxylic acids is 1. The third-order valence-corrected chi connectivity index (χ3v) is 6.39. The molecule has 7 heteroatoms. The summed E-state index contributed by atoms with van der Waals surface area (Å²) in [4.78, 5) is 29.9. The van der Waals surface area contributed by atoms with E-state index in [4.69, 9.17) is 9.15 Å². The monoisotopic (exact) mass is 389 g/mol. The summed E-state index contributed by atoms with van der Waals surface area (Å²) in [6.07, 6.45) is 4.21. The summed E-state index contributed by atoms with van der Waals surface area (Å²) in [5.74, 6) is 0.731. The van der Waals surface area contributed by atoms with Crippen molar-refractivity contribution in [3.63, 3.8) is 0 Å². The Hall–Kier alpha value is -1.70. The molecule has 154 valence electrons. The maximum atomic E-state index is 13.0. The molecule has 1 aromatic rings. The van der Waals surface area contributed by atoms with E-state index < -0.39 is 5.63 Å². The summed E-state index contributed by atoms with van der Waals surface area (Å²) in [6, 6.07) is 2.45. The van der Waals surface area contributed by atoms with Crippen molar-refractivity contribution in [2.45, 2.75) is 44.6 Å². The van der Waals surface area contributed by atoms with Gasteiger partial charge in [0, 0.05) is 57.9 Å². The molecule has 3 saturated heterocycles. The Bertz CT molecular complexity index is 743. The van der Waals surface area contributed by atoms with Gasteiger partial charge in [-0.05, 0) is 50.8 Å². The smallest absolute Gasteiger partial charge is 0.349 e. The lowest BCUT2D eigenvalue weighted by Crippen LogP contribution is -2.53. The Kier molecular flexibility index (Phi) is 6.13. The summed E-state index contributed by atoms with van der Waals surface area (Å²) >= 11 is 0. The third kappa shape index (κ3) is 4.16. The zero-order chi connectivity index (χ0) is 19.5. The van der Waals surface area contributed by atoms with Crippen LogP contribution in [-0.4, -0.2) is 74.2 Å². The van der Waals surface area contributed by atoms with Crippen molar-refractivity contribution in [1.29, 1.82) is 0 Å². The van der Waals surface area contributed by atoms with Gasteiger partial charge in [-0.25, -0.2) is 4.79 Å². The minimum Gasteiger partial charge on any atom is -0.427 e. The highest BCUT2D eigenvalue weighted by Gasteiger charge is 2.30. The molecular weight excluding hydrogens is 358 g/mol. The van der Waals surface area contributed by atoms with E-state index in [1.807, 2.05) is 13.0 Å². The zero-order valence-corrected chi connectivity index (χ0v) is 16.7. The molecule has 28 heavy (non-hydrogen) atoms. The van der Waals surface area contributed by atoms with Gasteiger partial charge < -0.3 is 19.4 Å². The number of piperazine rings is 1. The van der Waals surface area contributed by atoms with E-state index in [9.17, 15) is 9.59 Å². The predicted octanol–water partition coefficient (Wildman–Crippen LogP) is 1.35. The van der Waals surface area contributed by atoms with Gasteiger partial charge in [0.2, 0.25) is 0 Å². The number of amides is 1. The van der Waals surface area contributed by atoms with Crippen molar-refractivity contribution >= 4 is 5.91 Å². The molecule has 3 aliphatic rings. The number of piperidine rings is 1.